The zero-order valence-electron chi connectivity index (χ0n) is 10.7. The van der Waals surface area contributed by atoms with Gasteiger partial charge in [0.1, 0.15) is 0 Å². The Morgan fingerprint density at radius 3 is 2.59 bits per heavy atom. The third-order valence-corrected chi connectivity index (χ3v) is 2.83. The molecule has 0 aromatic heterocycles. The molecule has 0 saturated heterocycles. The van der Waals surface area contributed by atoms with Crippen LogP contribution in [0.1, 0.15) is 32.4 Å². The van der Waals surface area contributed by atoms with Crippen molar-refractivity contribution in [3.8, 4) is 0 Å². The van der Waals surface area contributed by atoms with E-state index in [1.54, 1.807) is 20.1 Å². The second-order valence-electron chi connectivity index (χ2n) is 4.71. The number of hydrogen-bond donors (Lipinski definition) is 1. The Balaban J connectivity index is 2.71. The number of rotatable bonds is 5. The van der Waals surface area contributed by atoms with Gasteiger partial charge < -0.3 is 10.1 Å². The van der Waals surface area contributed by atoms with E-state index in [0.29, 0.717) is 12.1 Å². The van der Waals surface area contributed by atoms with Crippen LogP contribution in [0, 0.1) is 11.6 Å². The fourth-order valence-electron chi connectivity index (χ4n) is 1.44. The van der Waals surface area contributed by atoms with Crippen molar-refractivity contribution in [2.24, 2.45) is 0 Å². The maximum atomic E-state index is 13.5. The highest BCUT2D eigenvalue weighted by atomic mass is 19.2. The van der Waals surface area contributed by atoms with Crippen LogP contribution < -0.4 is 5.32 Å². The molecule has 0 spiro atoms. The number of ether oxygens (including phenoxy) is 1. The van der Waals surface area contributed by atoms with Crippen molar-refractivity contribution in [1.82, 2.24) is 5.32 Å². The van der Waals surface area contributed by atoms with Crippen LogP contribution in [0.2, 0.25) is 0 Å². The van der Waals surface area contributed by atoms with E-state index in [-0.39, 0.29) is 11.6 Å². The van der Waals surface area contributed by atoms with Gasteiger partial charge in [0, 0.05) is 25.3 Å². The topological polar surface area (TPSA) is 21.3 Å². The number of methoxy groups -OCH3 is 1. The van der Waals surface area contributed by atoms with Gasteiger partial charge in [-0.15, -0.1) is 0 Å². The highest BCUT2D eigenvalue weighted by Gasteiger charge is 2.19. The molecule has 1 aromatic rings. The predicted octanol–water partition coefficient (Wildman–Crippen LogP) is 3.04. The molecule has 0 aliphatic rings. The molecular weight excluding hydrogens is 224 g/mol. The minimum atomic E-state index is -0.817. The molecular formula is C13H19F2NO. The smallest absolute Gasteiger partial charge is 0.163 e. The highest BCUT2D eigenvalue weighted by Crippen LogP contribution is 2.19. The molecule has 0 radical (unpaired) electrons. The summed E-state index contributed by atoms with van der Waals surface area (Å²) in [5.41, 5.74) is -0.00479. The quantitative estimate of drug-likeness (QED) is 0.858. The van der Waals surface area contributed by atoms with E-state index < -0.39 is 11.6 Å². The molecule has 1 rings (SSSR count). The lowest BCUT2D eigenvalue weighted by Gasteiger charge is -2.26. The van der Waals surface area contributed by atoms with Gasteiger partial charge in [0.15, 0.2) is 11.6 Å². The Kier molecular flexibility index (Phi) is 4.60. The molecule has 0 aliphatic heterocycles. The number of hydrogen-bond acceptors (Lipinski definition) is 2. The lowest BCUT2D eigenvalue weighted by molar-refractivity contribution is 0.0213. The van der Waals surface area contributed by atoms with E-state index in [1.165, 1.54) is 6.07 Å². The summed E-state index contributed by atoms with van der Waals surface area (Å²) in [6.07, 6.45) is 0. The molecule has 1 aromatic carbocycles. The average Bonchev–Trinajstić information content (AvgIpc) is 2.30. The van der Waals surface area contributed by atoms with E-state index in [1.807, 2.05) is 13.8 Å². The Bertz CT molecular complexity index is 380. The third-order valence-electron chi connectivity index (χ3n) is 2.83. The lowest BCUT2D eigenvalue weighted by atomic mass is 10.1. The lowest BCUT2D eigenvalue weighted by Crippen LogP contribution is -2.38. The summed E-state index contributed by atoms with van der Waals surface area (Å²) < 4.78 is 31.8. The van der Waals surface area contributed by atoms with Crippen LogP contribution in [0.5, 0.6) is 0 Å². The monoisotopic (exact) mass is 243 g/mol. The second-order valence-corrected chi connectivity index (χ2v) is 4.71. The first-order valence-corrected chi connectivity index (χ1v) is 5.60. The van der Waals surface area contributed by atoms with Gasteiger partial charge in [0.25, 0.3) is 0 Å². The summed E-state index contributed by atoms with van der Waals surface area (Å²) in [7, 11) is 1.62. The van der Waals surface area contributed by atoms with Crippen molar-refractivity contribution in [1.29, 1.82) is 0 Å². The van der Waals surface area contributed by atoms with Crippen LogP contribution in [0.3, 0.4) is 0 Å². The molecule has 1 atom stereocenters. The molecule has 0 fully saturated rings. The first-order valence-electron chi connectivity index (χ1n) is 5.60. The molecule has 2 nitrogen and oxygen atoms in total. The average molecular weight is 243 g/mol. The zero-order valence-corrected chi connectivity index (χ0v) is 10.7. The van der Waals surface area contributed by atoms with Crippen LogP contribution >= 0.6 is 0 Å². The SMILES string of the molecule is COC(C)(C)CNC(C)c1cccc(F)c1F. The number of halogens is 2. The summed E-state index contributed by atoms with van der Waals surface area (Å²) in [4.78, 5) is 0. The largest absolute Gasteiger partial charge is 0.377 e. The molecule has 0 aliphatic carbocycles. The van der Waals surface area contributed by atoms with Gasteiger partial charge in [0.2, 0.25) is 0 Å². The summed E-state index contributed by atoms with van der Waals surface area (Å²) in [5, 5.41) is 3.13. The van der Waals surface area contributed by atoms with Crippen molar-refractivity contribution in [3.63, 3.8) is 0 Å². The van der Waals surface area contributed by atoms with E-state index >= 15 is 0 Å². The Hall–Kier alpha value is -1.00. The molecule has 17 heavy (non-hydrogen) atoms. The molecule has 1 N–H and O–H groups in total. The Labute approximate surface area is 101 Å². The van der Waals surface area contributed by atoms with Gasteiger partial charge in [-0.2, -0.15) is 0 Å². The predicted molar refractivity (Wildman–Crippen MR) is 63.9 cm³/mol. The van der Waals surface area contributed by atoms with Gasteiger partial charge in [-0.1, -0.05) is 12.1 Å². The summed E-state index contributed by atoms with van der Waals surface area (Å²) >= 11 is 0. The second kappa shape index (κ2) is 5.56. The van der Waals surface area contributed by atoms with Crippen LogP contribution in [0.4, 0.5) is 8.78 Å². The van der Waals surface area contributed by atoms with Crippen LogP contribution in [-0.4, -0.2) is 19.3 Å². The minimum Gasteiger partial charge on any atom is -0.377 e. The standard InChI is InChI=1S/C13H19F2NO/c1-9(16-8-13(2,3)17-4)10-6-5-7-11(14)12(10)15/h5-7,9,16H,8H2,1-4H3. The van der Waals surface area contributed by atoms with E-state index in [2.05, 4.69) is 5.32 Å². The van der Waals surface area contributed by atoms with Crippen molar-refractivity contribution >= 4 is 0 Å². The molecule has 0 amide bonds. The van der Waals surface area contributed by atoms with Gasteiger partial charge in [-0.3, -0.25) is 0 Å². The fourth-order valence-corrected chi connectivity index (χ4v) is 1.44. The molecule has 0 heterocycles. The van der Waals surface area contributed by atoms with E-state index in [9.17, 15) is 8.78 Å². The molecule has 0 bridgehead atoms. The van der Waals surface area contributed by atoms with E-state index in [0.717, 1.165) is 6.07 Å². The molecule has 1 unspecified atom stereocenters. The maximum Gasteiger partial charge on any atom is 0.163 e. The van der Waals surface area contributed by atoms with Crippen LogP contribution in [0.15, 0.2) is 18.2 Å². The molecule has 4 heteroatoms. The van der Waals surface area contributed by atoms with Crippen molar-refractivity contribution in [2.75, 3.05) is 13.7 Å². The fraction of sp³-hybridized carbons (Fsp3) is 0.538. The Morgan fingerprint density at radius 2 is 2.00 bits per heavy atom. The van der Waals surface area contributed by atoms with Crippen molar-refractivity contribution in [2.45, 2.75) is 32.4 Å². The molecule has 96 valence electrons. The summed E-state index contributed by atoms with van der Waals surface area (Å²) in [5.74, 6) is -1.61. The van der Waals surface area contributed by atoms with Gasteiger partial charge >= 0.3 is 0 Å². The van der Waals surface area contributed by atoms with Gasteiger partial charge in [0.05, 0.1) is 5.60 Å². The van der Waals surface area contributed by atoms with Crippen LogP contribution in [0.25, 0.3) is 0 Å². The normalized spacial score (nSPS) is 13.8. The Morgan fingerprint density at radius 1 is 1.35 bits per heavy atom. The molecule has 0 saturated carbocycles. The maximum absolute atomic E-state index is 13.5. The zero-order chi connectivity index (χ0) is 13.1. The van der Waals surface area contributed by atoms with Crippen molar-refractivity contribution < 1.29 is 13.5 Å². The van der Waals surface area contributed by atoms with Crippen LogP contribution in [-0.2, 0) is 4.74 Å². The number of benzene rings is 1. The third kappa shape index (κ3) is 3.75. The highest BCUT2D eigenvalue weighted by molar-refractivity contribution is 5.22. The first kappa shape index (κ1) is 14.1. The van der Waals surface area contributed by atoms with Crippen molar-refractivity contribution in [3.05, 3.63) is 35.4 Å². The van der Waals surface area contributed by atoms with E-state index in [4.69, 9.17) is 4.74 Å². The summed E-state index contributed by atoms with van der Waals surface area (Å²) in [6, 6.07) is 3.94. The number of nitrogens with one attached hydrogen (secondary N) is 1. The summed E-state index contributed by atoms with van der Waals surface area (Å²) in [6.45, 7) is 6.20. The first-order chi connectivity index (χ1) is 7.87. The van der Waals surface area contributed by atoms with Gasteiger partial charge in [-0.25, -0.2) is 8.78 Å². The van der Waals surface area contributed by atoms with Gasteiger partial charge in [-0.05, 0) is 26.8 Å². The minimum absolute atomic E-state index is 0.264.